The molecule has 0 saturated carbocycles. The maximum Gasteiger partial charge on any atom is 0.0438 e. The summed E-state index contributed by atoms with van der Waals surface area (Å²) in [6.45, 7) is 2.10. The smallest absolute Gasteiger partial charge is 0.0438 e. The van der Waals surface area contributed by atoms with Crippen molar-refractivity contribution in [1.82, 2.24) is 0 Å². The van der Waals surface area contributed by atoms with Crippen LogP contribution < -0.4 is 0 Å². The van der Waals surface area contributed by atoms with Crippen molar-refractivity contribution in [1.29, 1.82) is 0 Å². The van der Waals surface area contributed by atoms with Crippen molar-refractivity contribution < 1.29 is 0 Å². The van der Waals surface area contributed by atoms with E-state index in [0.29, 0.717) is 0 Å². The van der Waals surface area contributed by atoms with Gasteiger partial charge in [-0.15, -0.1) is 11.6 Å². The van der Waals surface area contributed by atoms with Crippen LogP contribution in [0.1, 0.15) is 23.1 Å². The molecule has 19 heavy (non-hydrogen) atoms. The second-order valence-electron chi connectivity index (χ2n) is 4.92. The molecule has 0 aliphatic heterocycles. The van der Waals surface area contributed by atoms with Gasteiger partial charge in [-0.1, -0.05) is 59.6 Å². The van der Waals surface area contributed by atoms with Crippen molar-refractivity contribution in [2.24, 2.45) is 0 Å². The lowest BCUT2D eigenvalue weighted by molar-refractivity contribution is 0.743. The van der Waals surface area contributed by atoms with E-state index in [-0.39, 0.29) is 5.38 Å². The predicted octanol–water partition coefficient (Wildman–Crippen LogP) is 5.43. The molecule has 0 aliphatic rings. The number of benzene rings is 2. The first-order valence-corrected chi connectivity index (χ1v) is 7.39. The topological polar surface area (TPSA) is 0 Å². The van der Waals surface area contributed by atoms with Crippen molar-refractivity contribution in [3.8, 4) is 0 Å². The Morgan fingerprint density at radius 1 is 1.00 bits per heavy atom. The first kappa shape index (κ1) is 14.4. The van der Waals surface area contributed by atoms with Gasteiger partial charge in [0, 0.05) is 10.4 Å². The van der Waals surface area contributed by atoms with Crippen molar-refractivity contribution >= 4 is 23.2 Å². The van der Waals surface area contributed by atoms with Gasteiger partial charge < -0.3 is 0 Å². The van der Waals surface area contributed by atoms with Crippen molar-refractivity contribution in [3.05, 3.63) is 70.2 Å². The normalized spacial score (nSPS) is 12.4. The third-order valence-electron chi connectivity index (χ3n) is 3.27. The van der Waals surface area contributed by atoms with Gasteiger partial charge in [0.05, 0.1) is 0 Å². The molecule has 2 heteroatoms. The molecule has 0 fully saturated rings. The quantitative estimate of drug-likeness (QED) is 0.645. The van der Waals surface area contributed by atoms with E-state index in [1.807, 2.05) is 24.3 Å². The van der Waals surface area contributed by atoms with Crippen molar-refractivity contribution in [2.45, 2.75) is 31.6 Å². The molecule has 0 aliphatic carbocycles. The summed E-state index contributed by atoms with van der Waals surface area (Å²) in [5.41, 5.74) is 3.77. The molecule has 2 aromatic rings. The van der Waals surface area contributed by atoms with Gasteiger partial charge in [0.25, 0.3) is 0 Å². The molecule has 0 spiro atoms. The summed E-state index contributed by atoms with van der Waals surface area (Å²) in [4.78, 5) is 0. The van der Waals surface area contributed by atoms with Crippen molar-refractivity contribution in [2.75, 3.05) is 0 Å². The molecular weight excluding hydrogens is 275 g/mol. The summed E-state index contributed by atoms with van der Waals surface area (Å²) in [5.74, 6) is 0. The number of halogens is 2. The van der Waals surface area contributed by atoms with Gasteiger partial charge in [-0.2, -0.15) is 0 Å². The molecule has 2 aromatic carbocycles. The Balaban J connectivity index is 1.86. The molecular formula is C17H18Cl2. The van der Waals surface area contributed by atoms with E-state index in [2.05, 4.69) is 31.2 Å². The molecule has 0 bridgehead atoms. The molecule has 0 nitrogen and oxygen atoms in total. The molecule has 0 radical (unpaired) electrons. The first-order chi connectivity index (χ1) is 9.15. The Morgan fingerprint density at radius 3 is 2.37 bits per heavy atom. The van der Waals surface area contributed by atoms with Crippen LogP contribution in [0.2, 0.25) is 5.02 Å². The molecule has 0 aromatic heterocycles. The van der Waals surface area contributed by atoms with Crippen LogP contribution in [0, 0.1) is 6.92 Å². The van der Waals surface area contributed by atoms with Crippen LogP contribution in [-0.2, 0) is 12.8 Å². The second kappa shape index (κ2) is 6.98. The van der Waals surface area contributed by atoms with Crippen LogP contribution >= 0.6 is 23.2 Å². The summed E-state index contributed by atoms with van der Waals surface area (Å²) >= 11 is 12.6. The number of aryl methyl sites for hydroxylation is 2. The number of rotatable bonds is 5. The average Bonchev–Trinajstić information content (AvgIpc) is 2.41. The molecule has 1 atom stereocenters. The Bertz CT molecular complexity index is 517. The number of hydrogen-bond donors (Lipinski definition) is 0. The van der Waals surface area contributed by atoms with Crippen LogP contribution in [0.4, 0.5) is 0 Å². The minimum absolute atomic E-state index is 0.126. The third-order valence-corrected chi connectivity index (χ3v) is 4.01. The van der Waals surface area contributed by atoms with Gasteiger partial charge in [-0.05, 0) is 43.4 Å². The lowest BCUT2D eigenvalue weighted by Crippen LogP contribution is -2.05. The zero-order valence-corrected chi connectivity index (χ0v) is 12.6. The largest absolute Gasteiger partial charge is 0.123 e. The molecule has 0 amide bonds. The van der Waals surface area contributed by atoms with Gasteiger partial charge in [0.1, 0.15) is 0 Å². The highest BCUT2D eigenvalue weighted by atomic mass is 35.5. The molecule has 100 valence electrons. The second-order valence-corrected chi connectivity index (χ2v) is 5.94. The van der Waals surface area contributed by atoms with Gasteiger partial charge in [0.2, 0.25) is 0 Å². The van der Waals surface area contributed by atoms with Crippen LogP contribution in [0.25, 0.3) is 0 Å². The summed E-state index contributed by atoms with van der Waals surface area (Å²) in [6, 6.07) is 16.6. The maximum absolute atomic E-state index is 6.41. The highest BCUT2D eigenvalue weighted by Gasteiger charge is 2.08. The van der Waals surface area contributed by atoms with Crippen LogP contribution in [0.3, 0.4) is 0 Å². The van der Waals surface area contributed by atoms with Gasteiger partial charge in [0.15, 0.2) is 0 Å². The average molecular weight is 293 g/mol. The van der Waals surface area contributed by atoms with E-state index in [0.717, 1.165) is 29.8 Å². The maximum atomic E-state index is 6.41. The van der Waals surface area contributed by atoms with E-state index < -0.39 is 0 Å². The van der Waals surface area contributed by atoms with E-state index in [9.17, 15) is 0 Å². The van der Waals surface area contributed by atoms with E-state index >= 15 is 0 Å². The Labute approximate surface area is 125 Å². The van der Waals surface area contributed by atoms with E-state index in [1.165, 1.54) is 11.1 Å². The lowest BCUT2D eigenvalue weighted by atomic mass is 10.0. The Kier molecular flexibility index (Phi) is 5.30. The number of alkyl halides is 1. The highest BCUT2D eigenvalue weighted by molar-refractivity contribution is 6.31. The molecule has 0 N–H and O–H groups in total. The van der Waals surface area contributed by atoms with Crippen LogP contribution in [0.15, 0.2) is 48.5 Å². The molecule has 0 heterocycles. The van der Waals surface area contributed by atoms with Gasteiger partial charge in [-0.25, -0.2) is 0 Å². The molecule has 2 rings (SSSR count). The van der Waals surface area contributed by atoms with Gasteiger partial charge in [-0.3, -0.25) is 0 Å². The van der Waals surface area contributed by atoms with Crippen LogP contribution in [-0.4, -0.2) is 5.38 Å². The SMILES string of the molecule is Cc1ccc(CCC(Cl)Cc2ccccc2Cl)cc1. The lowest BCUT2D eigenvalue weighted by Gasteiger charge is -2.11. The summed E-state index contributed by atoms with van der Waals surface area (Å²) < 4.78 is 0. The standard InChI is InChI=1S/C17H18Cl2/c1-13-6-8-14(9-7-13)10-11-16(18)12-15-4-2-3-5-17(15)19/h2-9,16H,10-12H2,1H3. The number of hydrogen-bond acceptors (Lipinski definition) is 0. The zero-order chi connectivity index (χ0) is 13.7. The third kappa shape index (κ3) is 4.56. The fourth-order valence-corrected chi connectivity index (χ4v) is 2.57. The van der Waals surface area contributed by atoms with E-state index in [1.54, 1.807) is 0 Å². The Morgan fingerprint density at radius 2 is 1.68 bits per heavy atom. The molecule has 1 unspecified atom stereocenters. The van der Waals surface area contributed by atoms with Crippen LogP contribution in [0.5, 0.6) is 0 Å². The Hall–Kier alpha value is -0.980. The predicted molar refractivity (Wildman–Crippen MR) is 84.3 cm³/mol. The minimum Gasteiger partial charge on any atom is -0.123 e. The molecule has 0 saturated heterocycles. The fraction of sp³-hybridized carbons (Fsp3) is 0.294. The monoisotopic (exact) mass is 292 g/mol. The zero-order valence-electron chi connectivity index (χ0n) is 11.1. The fourth-order valence-electron chi connectivity index (χ4n) is 2.08. The van der Waals surface area contributed by atoms with E-state index in [4.69, 9.17) is 23.2 Å². The minimum atomic E-state index is 0.126. The highest BCUT2D eigenvalue weighted by Crippen LogP contribution is 2.21. The first-order valence-electron chi connectivity index (χ1n) is 6.58. The summed E-state index contributed by atoms with van der Waals surface area (Å²) in [5, 5.41) is 0.935. The summed E-state index contributed by atoms with van der Waals surface area (Å²) in [6.07, 6.45) is 2.81. The summed E-state index contributed by atoms with van der Waals surface area (Å²) in [7, 11) is 0. The van der Waals surface area contributed by atoms with Gasteiger partial charge >= 0.3 is 0 Å². The van der Waals surface area contributed by atoms with Crippen molar-refractivity contribution in [3.63, 3.8) is 0 Å².